The van der Waals surface area contributed by atoms with E-state index in [1.54, 1.807) is 41.5 Å². The SMILES string of the molecule is CCCCOC(COC(=O)CCCc1ccccc1)COC(=O)C[C@H](NC(=O)OC(C)(C)C)C(=O)OC(C)(C)C. The molecule has 0 aromatic heterocycles. The molecule has 2 atom stereocenters. The van der Waals surface area contributed by atoms with Crippen molar-refractivity contribution in [3.8, 4) is 0 Å². The number of unbranched alkanes of at least 4 members (excludes halogenated alkanes) is 1. The Bertz CT molecular complexity index is 919. The molecule has 1 rings (SSSR count). The van der Waals surface area contributed by atoms with Gasteiger partial charge in [-0.15, -0.1) is 0 Å². The summed E-state index contributed by atoms with van der Waals surface area (Å²) in [5.41, 5.74) is -0.489. The summed E-state index contributed by atoms with van der Waals surface area (Å²) < 4.78 is 27.0. The fraction of sp³-hybridized carbons (Fsp3) is 0.667. The Morgan fingerprint density at radius 2 is 1.43 bits per heavy atom. The molecule has 0 bridgehead atoms. The van der Waals surface area contributed by atoms with Gasteiger partial charge in [-0.05, 0) is 66.4 Å². The van der Waals surface area contributed by atoms with E-state index < -0.39 is 47.8 Å². The van der Waals surface area contributed by atoms with Gasteiger partial charge in [-0.25, -0.2) is 9.59 Å². The number of aryl methyl sites for hydroxylation is 1. The van der Waals surface area contributed by atoms with Crippen molar-refractivity contribution in [2.75, 3.05) is 19.8 Å². The molecule has 0 heterocycles. The second-order valence-electron chi connectivity index (χ2n) is 11.5. The lowest BCUT2D eigenvalue weighted by atomic mass is 10.1. The molecule has 1 amide bonds. The first kappa shape index (κ1) is 34.9. The Morgan fingerprint density at radius 3 is 2.00 bits per heavy atom. The lowest BCUT2D eigenvalue weighted by Crippen LogP contribution is -2.47. The minimum atomic E-state index is -1.32. The first-order chi connectivity index (χ1) is 18.7. The van der Waals surface area contributed by atoms with Crippen molar-refractivity contribution in [3.63, 3.8) is 0 Å². The molecule has 1 aromatic carbocycles. The molecule has 0 saturated heterocycles. The van der Waals surface area contributed by atoms with E-state index in [0.29, 0.717) is 13.0 Å². The summed E-state index contributed by atoms with van der Waals surface area (Å²) in [7, 11) is 0. The van der Waals surface area contributed by atoms with Crippen LogP contribution in [0.1, 0.15) is 86.1 Å². The van der Waals surface area contributed by atoms with Crippen LogP contribution in [-0.2, 0) is 44.5 Å². The first-order valence-corrected chi connectivity index (χ1v) is 13.9. The van der Waals surface area contributed by atoms with Gasteiger partial charge in [-0.1, -0.05) is 43.7 Å². The average Bonchev–Trinajstić information content (AvgIpc) is 2.83. The fourth-order valence-electron chi connectivity index (χ4n) is 3.31. The molecule has 10 nitrogen and oxygen atoms in total. The van der Waals surface area contributed by atoms with E-state index in [4.69, 9.17) is 23.7 Å². The van der Waals surface area contributed by atoms with Gasteiger partial charge in [0.25, 0.3) is 0 Å². The summed E-state index contributed by atoms with van der Waals surface area (Å²) >= 11 is 0. The zero-order chi connectivity index (χ0) is 30.2. The fourth-order valence-corrected chi connectivity index (χ4v) is 3.31. The van der Waals surface area contributed by atoms with Crippen LogP contribution in [-0.4, -0.2) is 67.2 Å². The summed E-state index contributed by atoms with van der Waals surface area (Å²) in [5, 5.41) is 2.39. The number of nitrogens with one attached hydrogen (secondary N) is 1. The number of alkyl carbamates (subject to hydrolysis) is 1. The van der Waals surface area contributed by atoms with E-state index in [1.165, 1.54) is 0 Å². The van der Waals surface area contributed by atoms with Crippen molar-refractivity contribution in [3.05, 3.63) is 35.9 Å². The average molecular weight is 566 g/mol. The highest BCUT2D eigenvalue weighted by Gasteiger charge is 2.31. The van der Waals surface area contributed by atoms with E-state index >= 15 is 0 Å². The number of hydrogen-bond acceptors (Lipinski definition) is 9. The highest BCUT2D eigenvalue weighted by molar-refractivity contribution is 5.86. The lowest BCUT2D eigenvalue weighted by molar-refractivity contribution is -0.163. The molecule has 10 heteroatoms. The van der Waals surface area contributed by atoms with Crippen molar-refractivity contribution in [2.24, 2.45) is 0 Å². The van der Waals surface area contributed by atoms with Crippen LogP contribution in [0, 0.1) is 0 Å². The number of esters is 3. The Kier molecular flexibility index (Phi) is 15.3. The Morgan fingerprint density at radius 1 is 0.825 bits per heavy atom. The largest absolute Gasteiger partial charge is 0.463 e. The predicted octanol–water partition coefficient (Wildman–Crippen LogP) is 4.91. The van der Waals surface area contributed by atoms with Gasteiger partial charge in [0.05, 0.1) is 6.42 Å². The third-order valence-corrected chi connectivity index (χ3v) is 5.15. The van der Waals surface area contributed by atoms with Crippen LogP contribution in [0.25, 0.3) is 0 Å². The Hall–Kier alpha value is -3.14. The zero-order valence-corrected chi connectivity index (χ0v) is 25.1. The number of rotatable bonds is 16. The van der Waals surface area contributed by atoms with E-state index in [0.717, 1.165) is 24.8 Å². The van der Waals surface area contributed by atoms with Gasteiger partial charge in [0.1, 0.15) is 36.6 Å². The summed E-state index contributed by atoms with van der Waals surface area (Å²) in [5.74, 6) is -1.92. The van der Waals surface area contributed by atoms with Gasteiger partial charge in [0.15, 0.2) is 0 Å². The van der Waals surface area contributed by atoms with Gasteiger partial charge in [-0.2, -0.15) is 0 Å². The van der Waals surface area contributed by atoms with Crippen LogP contribution in [0.2, 0.25) is 0 Å². The van der Waals surface area contributed by atoms with Crippen LogP contribution in [0.15, 0.2) is 30.3 Å². The number of ether oxygens (including phenoxy) is 5. The summed E-state index contributed by atoms with van der Waals surface area (Å²) in [6, 6.07) is 8.55. The minimum absolute atomic E-state index is 0.0766. The molecule has 0 aliphatic heterocycles. The quantitative estimate of drug-likeness (QED) is 0.169. The Labute approximate surface area is 238 Å². The van der Waals surface area contributed by atoms with Gasteiger partial charge >= 0.3 is 24.0 Å². The smallest absolute Gasteiger partial charge is 0.408 e. The van der Waals surface area contributed by atoms with Crippen molar-refractivity contribution in [2.45, 2.75) is 110 Å². The zero-order valence-electron chi connectivity index (χ0n) is 25.1. The second-order valence-corrected chi connectivity index (χ2v) is 11.5. The molecule has 0 aliphatic rings. The topological polar surface area (TPSA) is 126 Å². The number of hydrogen-bond donors (Lipinski definition) is 1. The maximum atomic E-state index is 12.7. The van der Waals surface area contributed by atoms with Crippen LogP contribution in [0.3, 0.4) is 0 Å². The third kappa shape index (κ3) is 17.4. The van der Waals surface area contributed by atoms with Crippen LogP contribution in [0.4, 0.5) is 4.79 Å². The van der Waals surface area contributed by atoms with Gasteiger partial charge < -0.3 is 29.0 Å². The number of carbonyl (C=O) groups excluding carboxylic acids is 4. The van der Waals surface area contributed by atoms with Crippen LogP contribution >= 0.6 is 0 Å². The number of carbonyl (C=O) groups is 4. The highest BCUT2D eigenvalue weighted by atomic mass is 16.6. The molecule has 40 heavy (non-hydrogen) atoms. The van der Waals surface area contributed by atoms with Gasteiger partial charge in [-0.3, -0.25) is 9.59 Å². The van der Waals surface area contributed by atoms with Gasteiger partial charge in [0, 0.05) is 13.0 Å². The third-order valence-electron chi connectivity index (χ3n) is 5.15. The molecule has 0 radical (unpaired) electrons. The monoisotopic (exact) mass is 565 g/mol. The predicted molar refractivity (Wildman–Crippen MR) is 150 cm³/mol. The van der Waals surface area contributed by atoms with E-state index in [-0.39, 0.29) is 25.6 Å². The molecule has 0 fully saturated rings. The van der Waals surface area contributed by atoms with Crippen molar-refractivity contribution < 1.29 is 42.9 Å². The molecule has 0 saturated carbocycles. The maximum absolute atomic E-state index is 12.7. The maximum Gasteiger partial charge on any atom is 0.408 e. The molecular weight excluding hydrogens is 518 g/mol. The molecule has 0 aliphatic carbocycles. The molecule has 226 valence electrons. The standard InChI is InChI=1S/C30H47NO9/c1-8-9-18-36-23(20-37-25(32)17-13-16-22-14-11-10-12-15-22)21-38-26(33)19-24(27(34)39-29(2,3)4)31-28(35)40-30(5,6)7/h10-12,14-15,23-24H,8-9,13,16-21H2,1-7H3,(H,31,35)/t23?,24-/m0/s1. The molecule has 1 unspecified atom stereocenters. The van der Waals surface area contributed by atoms with Crippen molar-refractivity contribution >= 4 is 24.0 Å². The van der Waals surface area contributed by atoms with Crippen LogP contribution < -0.4 is 5.32 Å². The summed E-state index contributed by atoms with van der Waals surface area (Å²) in [6.45, 7) is 12.2. The molecule has 1 aromatic rings. The van der Waals surface area contributed by atoms with Crippen molar-refractivity contribution in [1.82, 2.24) is 5.32 Å². The molecule has 1 N–H and O–H groups in total. The number of benzene rings is 1. The molecule has 0 spiro atoms. The lowest BCUT2D eigenvalue weighted by Gasteiger charge is -2.26. The first-order valence-electron chi connectivity index (χ1n) is 13.9. The summed E-state index contributed by atoms with van der Waals surface area (Å²) in [6.07, 6.45) is 1.34. The van der Waals surface area contributed by atoms with Crippen LogP contribution in [0.5, 0.6) is 0 Å². The second kappa shape index (κ2) is 17.5. The normalized spacial score (nSPS) is 13.1. The highest BCUT2D eigenvalue weighted by Crippen LogP contribution is 2.13. The van der Waals surface area contributed by atoms with E-state index in [9.17, 15) is 19.2 Å². The van der Waals surface area contributed by atoms with E-state index in [2.05, 4.69) is 5.32 Å². The summed E-state index contributed by atoms with van der Waals surface area (Å²) in [4.78, 5) is 49.9. The Balaban J connectivity index is 2.66. The van der Waals surface area contributed by atoms with Gasteiger partial charge in [0.2, 0.25) is 0 Å². The van der Waals surface area contributed by atoms with Crippen molar-refractivity contribution in [1.29, 1.82) is 0 Å². The molecular formula is C30H47NO9. The number of amides is 1. The van der Waals surface area contributed by atoms with E-state index in [1.807, 2.05) is 37.3 Å². The minimum Gasteiger partial charge on any atom is -0.463 e.